The molecule has 24 heavy (non-hydrogen) atoms. The highest BCUT2D eigenvalue weighted by Crippen LogP contribution is 2.15. The number of nitrogens with one attached hydrogen (secondary N) is 1. The summed E-state index contributed by atoms with van der Waals surface area (Å²) in [6.45, 7) is 5.69. The van der Waals surface area contributed by atoms with E-state index in [1.807, 2.05) is 56.3 Å². The number of hydrogen-bond donors (Lipinski definition) is 2. The van der Waals surface area contributed by atoms with Crippen molar-refractivity contribution in [3.05, 3.63) is 71.3 Å². The summed E-state index contributed by atoms with van der Waals surface area (Å²) < 4.78 is 0. The molecule has 0 radical (unpaired) electrons. The van der Waals surface area contributed by atoms with Crippen molar-refractivity contribution in [3.63, 3.8) is 0 Å². The fraction of sp³-hybridized carbons (Fsp3) is 0.350. The van der Waals surface area contributed by atoms with Crippen LogP contribution in [0.25, 0.3) is 0 Å². The molecule has 2 rings (SSSR count). The highest BCUT2D eigenvalue weighted by Gasteiger charge is 2.19. The van der Waals surface area contributed by atoms with Gasteiger partial charge in [-0.2, -0.15) is 0 Å². The third kappa shape index (κ3) is 5.80. The number of rotatable bonds is 7. The number of carbonyl (C=O) groups excluding carboxylic acids is 1. The summed E-state index contributed by atoms with van der Waals surface area (Å²) in [6, 6.07) is 17.8. The summed E-state index contributed by atoms with van der Waals surface area (Å²) in [5.41, 5.74) is 2.21. The molecule has 4 heteroatoms. The number of hydrogen-bond acceptors (Lipinski definition) is 3. The Labute approximate surface area is 144 Å². The second-order valence-corrected chi connectivity index (χ2v) is 6.72. The summed E-state index contributed by atoms with van der Waals surface area (Å²) in [6.07, 6.45) is 0. The van der Waals surface area contributed by atoms with Gasteiger partial charge in [-0.15, -0.1) is 0 Å². The molecule has 0 bridgehead atoms. The minimum atomic E-state index is -0.767. The molecule has 2 aromatic rings. The van der Waals surface area contributed by atoms with Crippen LogP contribution in [0.1, 0.15) is 35.3 Å². The standard InChI is InChI=1S/C20H26N2O2/c1-20(2,24)15-22(13-16-7-5-4-6-8-16)14-17-9-11-18(12-10-17)19(23)21-3/h4-12,24H,13-15H2,1-3H3,(H,21,23). The van der Waals surface area contributed by atoms with Crippen LogP contribution in [-0.2, 0) is 13.1 Å². The number of carbonyl (C=O) groups is 1. The van der Waals surface area contributed by atoms with Crippen LogP contribution in [0.5, 0.6) is 0 Å². The van der Waals surface area contributed by atoms with Gasteiger partial charge in [0.2, 0.25) is 0 Å². The van der Waals surface area contributed by atoms with E-state index in [1.54, 1.807) is 7.05 Å². The van der Waals surface area contributed by atoms with Gasteiger partial charge in [-0.05, 0) is 37.1 Å². The minimum absolute atomic E-state index is 0.0841. The van der Waals surface area contributed by atoms with E-state index in [-0.39, 0.29) is 5.91 Å². The van der Waals surface area contributed by atoms with Crippen LogP contribution in [0.15, 0.2) is 54.6 Å². The van der Waals surface area contributed by atoms with E-state index in [2.05, 4.69) is 22.3 Å². The lowest BCUT2D eigenvalue weighted by Gasteiger charge is -2.29. The van der Waals surface area contributed by atoms with Crippen molar-refractivity contribution < 1.29 is 9.90 Å². The quantitative estimate of drug-likeness (QED) is 0.823. The average molecular weight is 326 g/mol. The molecule has 0 fully saturated rings. The van der Waals surface area contributed by atoms with Crippen molar-refractivity contribution in [1.29, 1.82) is 0 Å². The second-order valence-electron chi connectivity index (χ2n) is 6.72. The topological polar surface area (TPSA) is 52.6 Å². The van der Waals surface area contributed by atoms with Gasteiger partial charge in [-0.25, -0.2) is 0 Å². The van der Waals surface area contributed by atoms with Crippen LogP contribution in [0.4, 0.5) is 0 Å². The maximum Gasteiger partial charge on any atom is 0.251 e. The number of amides is 1. The first-order chi connectivity index (χ1) is 11.4. The van der Waals surface area contributed by atoms with E-state index in [0.717, 1.165) is 12.1 Å². The van der Waals surface area contributed by atoms with Crippen LogP contribution < -0.4 is 5.32 Å². The smallest absolute Gasteiger partial charge is 0.251 e. The Hall–Kier alpha value is -2.17. The zero-order chi connectivity index (χ0) is 17.6. The monoisotopic (exact) mass is 326 g/mol. The third-order valence-electron chi connectivity index (χ3n) is 3.71. The fourth-order valence-electron chi connectivity index (χ4n) is 2.72. The fourth-order valence-corrected chi connectivity index (χ4v) is 2.72. The molecule has 0 aliphatic heterocycles. The molecule has 0 unspecified atom stereocenters. The predicted octanol–water partition coefficient (Wildman–Crippen LogP) is 2.82. The molecule has 0 atom stereocenters. The van der Waals surface area contributed by atoms with Crippen molar-refractivity contribution in [2.75, 3.05) is 13.6 Å². The molecule has 0 saturated carbocycles. The van der Waals surface area contributed by atoms with Gasteiger partial charge in [0.05, 0.1) is 5.60 Å². The van der Waals surface area contributed by atoms with Crippen LogP contribution in [0.2, 0.25) is 0 Å². The molecule has 0 aliphatic rings. The Balaban J connectivity index is 2.11. The Morgan fingerprint density at radius 1 is 1.00 bits per heavy atom. The SMILES string of the molecule is CNC(=O)c1ccc(CN(Cc2ccccc2)CC(C)(C)O)cc1. The molecule has 2 aromatic carbocycles. The summed E-state index contributed by atoms with van der Waals surface area (Å²) in [5.74, 6) is -0.0841. The van der Waals surface area contributed by atoms with E-state index in [9.17, 15) is 9.90 Å². The minimum Gasteiger partial charge on any atom is -0.389 e. The van der Waals surface area contributed by atoms with Crippen LogP contribution in [0.3, 0.4) is 0 Å². The second kappa shape index (κ2) is 8.08. The third-order valence-corrected chi connectivity index (χ3v) is 3.71. The van der Waals surface area contributed by atoms with Crippen molar-refractivity contribution in [3.8, 4) is 0 Å². The lowest BCUT2D eigenvalue weighted by Crippen LogP contribution is -2.37. The molecule has 2 N–H and O–H groups in total. The van der Waals surface area contributed by atoms with Gasteiger partial charge in [0.25, 0.3) is 5.91 Å². The molecule has 0 spiro atoms. The van der Waals surface area contributed by atoms with E-state index < -0.39 is 5.60 Å². The molecule has 0 aliphatic carbocycles. The zero-order valence-corrected chi connectivity index (χ0v) is 14.6. The first kappa shape index (κ1) is 18.2. The van der Waals surface area contributed by atoms with E-state index in [4.69, 9.17) is 0 Å². The van der Waals surface area contributed by atoms with Gasteiger partial charge >= 0.3 is 0 Å². The van der Waals surface area contributed by atoms with Crippen molar-refractivity contribution in [1.82, 2.24) is 10.2 Å². The summed E-state index contributed by atoms with van der Waals surface area (Å²) in [5, 5.41) is 12.8. The summed E-state index contributed by atoms with van der Waals surface area (Å²) in [7, 11) is 1.63. The van der Waals surface area contributed by atoms with Gasteiger partial charge in [0, 0.05) is 32.2 Å². The van der Waals surface area contributed by atoms with Crippen LogP contribution in [0, 0.1) is 0 Å². The van der Waals surface area contributed by atoms with Crippen LogP contribution in [-0.4, -0.2) is 35.1 Å². The number of nitrogens with zero attached hydrogens (tertiary/aromatic N) is 1. The van der Waals surface area contributed by atoms with Crippen LogP contribution >= 0.6 is 0 Å². The van der Waals surface area contributed by atoms with Gasteiger partial charge in [-0.1, -0.05) is 42.5 Å². The molecular weight excluding hydrogens is 300 g/mol. The van der Waals surface area contributed by atoms with Crippen molar-refractivity contribution in [2.24, 2.45) is 0 Å². The number of aliphatic hydroxyl groups is 1. The Bertz CT molecular complexity index is 646. The van der Waals surface area contributed by atoms with Gasteiger partial charge in [0.15, 0.2) is 0 Å². The maximum atomic E-state index is 11.6. The summed E-state index contributed by atoms with van der Waals surface area (Å²) in [4.78, 5) is 13.8. The Morgan fingerprint density at radius 3 is 2.04 bits per heavy atom. The first-order valence-electron chi connectivity index (χ1n) is 8.17. The predicted molar refractivity (Wildman–Crippen MR) is 96.7 cm³/mol. The zero-order valence-electron chi connectivity index (χ0n) is 14.6. The molecular formula is C20H26N2O2. The molecule has 128 valence electrons. The largest absolute Gasteiger partial charge is 0.389 e. The van der Waals surface area contributed by atoms with Gasteiger partial charge in [-0.3, -0.25) is 9.69 Å². The normalized spacial score (nSPS) is 11.5. The van der Waals surface area contributed by atoms with Crippen molar-refractivity contribution >= 4 is 5.91 Å². The summed E-state index contributed by atoms with van der Waals surface area (Å²) >= 11 is 0. The first-order valence-corrected chi connectivity index (χ1v) is 8.17. The highest BCUT2D eigenvalue weighted by molar-refractivity contribution is 5.93. The molecule has 4 nitrogen and oxygen atoms in total. The average Bonchev–Trinajstić information content (AvgIpc) is 2.54. The Morgan fingerprint density at radius 2 is 1.54 bits per heavy atom. The number of benzene rings is 2. The van der Waals surface area contributed by atoms with Gasteiger partial charge in [0.1, 0.15) is 0 Å². The lowest BCUT2D eigenvalue weighted by molar-refractivity contribution is 0.0307. The lowest BCUT2D eigenvalue weighted by atomic mass is 10.1. The molecule has 0 aromatic heterocycles. The van der Waals surface area contributed by atoms with E-state index in [0.29, 0.717) is 18.7 Å². The Kier molecular flexibility index (Phi) is 6.12. The molecule has 0 heterocycles. The maximum absolute atomic E-state index is 11.6. The van der Waals surface area contributed by atoms with Gasteiger partial charge < -0.3 is 10.4 Å². The van der Waals surface area contributed by atoms with E-state index >= 15 is 0 Å². The molecule has 0 saturated heterocycles. The molecule has 1 amide bonds. The van der Waals surface area contributed by atoms with Crippen molar-refractivity contribution in [2.45, 2.75) is 32.5 Å². The highest BCUT2D eigenvalue weighted by atomic mass is 16.3. The van der Waals surface area contributed by atoms with E-state index in [1.165, 1.54) is 5.56 Å².